The summed E-state index contributed by atoms with van der Waals surface area (Å²) in [6.45, 7) is 0. The minimum Gasteiger partial charge on any atom is -0.478 e. The van der Waals surface area contributed by atoms with Crippen LogP contribution < -0.4 is 5.56 Å². The van der Waals surface area contributed by atoms with Gasteiger partial charge in [-0.1, -0.05) is 0 Å². The van der Waals surface area contributed by atoms with E-state index >= 15 is 0 Å². The second kappa shape index (κ2) is 5.32. The number of hydrogen-bond donors (Lipinski definition) is 2. The zero-order valence-electron chi connectivity index (χ0n) is 8.75. The van der Waals surface area contributed by atoms with Gasteiger partial charge in [-0.3, -0.25) is 4.79 Å². The molecule has 0 bridgehead atoms. The van der Waals surface area contributed by atoms with E-state index in [-0.39, 0.29) is 16.1 Å². The predicted molar refractivity (Wildman–Crippen MR) is 67.9 cm³/mol. The van der Waals surface area contributed by atoms with E-state index in [1.165, 1.54) is 24.5 Å². The van der Waals surface area contributed by atoms with Crippen LogP contribution in [0.25, 0.3) is 0 Å². The lowest BCUT2D eigenvalue weighted by Crippen LogP contribution is -2.06. The molecular weight excluding hydrogens is 322 g/mol. The molecule has 0 saturated heterocycles. The van der Waals surface area contributed by atoms with Crippen LogP contribution in [0, 0.1) is 0 Å². The molecule has 0 spiro atoms. The molecule has 0 aliphatic carbocycles. The van der Waals surface area contributed by atoms with Crippen LogP contribution in [0.1, 0.15) is 10.4 Å². The number of carboxylic acids is 1. The average molecular weight is 328 g/mol. The molecule has 0 unspecified atom stereocenters. The van der Waals surface area contributed by atoms with Gasteiger partial charge in [0.2, 0.25) is 0 Å². The van der Waals surface area contributed by atoms with E-state index < -0.39 is 5.97 Å². The Morgan fingerprint density at radius 2 is 2.22 bits per heavy atom. The third-order valence-corrected chi connectivity index (χ3v) is 3.24. The first-order valence-corrected chi connectivity index (χ1v) is 6.29. The van der Waals surface area contributed by atoms with Crippen LogP contribution in [0.2, 0.25) is 0 Å². The van der Waals surface area contributed by atoms with Crippen molar-refractivity contribution in [2.24, 2.45) is 0 Å². The van der Waals surface area contributed by atoms with Gasteiger partial charge < -0.3 is 10.1 Å². The van der Waals surface area contributed by atoms with Crippen LogP contribution in [0.4, 0.5) is 0 Å². The van der Waals surface area contributed by atoms with Crippen molar-refractivity contribution in [1.82, 2.24) is 15.0 Å². The van der Waals surface area contributed by atoms with Gasteiger partial charge in [-0.2, -0.15) is 0 Å². The average Bonchev–Trinajstić information content (AvgIpc) is 2.31. The highest BCUT2D eigenvalue weighted by atomic mass is 79.9. The van der Waals surface area contributed by atoms with E-state index in [9.17, 15) is 9.59 Å². The number of halogens is 1. The van der Waals surface area contributed by atoms with Crippen molar-refractivity contribution in [3.8, 4) is 0 Å². The zero-order chi connectivity index (χ0) is 13.1. The molecule has 2 N–H and O–H groups in total. The van der Waals surface area contributed by atoms with E-state index in [1.54, 1.807) is 0 Å². The molecule has 0 radical (unpaired) electrons. The Kier molecular flexibility index (Phi) is 3.78. The van der Waals surface area contributed by atoms with Gasteiger partial charge in [0.25, 0.3) is 5.56 Å². The molecule has 2 aromatic heterocycles. The number of nitrogens with zero attached hydrogens (tertiary/aromatic N) is 2. The molecule has 18 heavy (non-hydrogen) atoms. The molecule has 0 fully saturated rings. The Morgan fingerprint density at radius 3 is 2.89 bits per heavy atom. The van der Waals surface area contributed by atoms with Crippen LogP contribution >= 0.6 is 27.7 Å². The largest absolute Gasteiger partial charge is 0.478 e. The van der Waals surface area contributed by atoms with Gasteiger partial charge in [0.05, 0.1) is 5.56 Å². The Labute approximate surface area is 114 Å². The molecule has 0 atom stereocenters. The summed E-state index contributed by atoms with van der Waals surface area (Å²) in [5.74, 6) is -1.09. The Hall–Kier alpha value is -1.67. The van der Waals surface area contributed by atoms with Crippen LogP contribution in [-0.4, -0.2) is 26.0 Å². The van der Waals surface area contributed by atoms with Crippen LogP contribution in [0.3, 0.4) is 0 Å². The lowest BCUT2D eigenvalue weighted by atomic mass is 10.3. The van der Waals surface area contributed by atoms with Crippen molar-refractivity contribution in [2.75, 3.05) is 0 Å². The monoisotopic (exact) mass is 327 g/mol. The second-order valence-electron chi connectivity index (χ2n) is 3.15. The summed E-state index contributed by atoms with van der Waals surface area (Å²) >= 11 is 4.14. The van der Waals surface area contributed by atoms with E-state index in [1.807, 2.05) is 0 Å². The summed E-state index contributed by atoms with van der Waals surface area (Å²) in [5.41, 5.74) is -0.262. The standard InChI is InChI=1S/C10H6BrN3O3S/c11-5-3-6(9(16)17)8(13-4-5)18-10-12-2-1-7(15)14-10/h1-4H,(H,16,17)(H,12,14,15). The number of pyridine rings is 1. The fraction of sp³-hybridized carbons (Fsp3) is 0. The van der Waals surface area contributed by atoms with E-state index in [4.69, 9.17) is 5.11 Å². The summed E-state index contributed by atoms with van der Waals surface area (Å²) in [6, 6.07) is 2.72. The highest BCUT2D eigenvalue weighted by molar-refractivity contribution is 9.10. The number of aromatic amines is 1. The molecule has 2 aromatic rings. The van der Waals surface area contributed by atoms with Crippen molar-refractivity contribution in [1.29, 1.82) is 0 Å². The third-order valence-electron chi connectivity index (χ3n) is 1.89. The molecule has 2 rings (SSSR count). The summed E-state index contributed by atoms with van der Waals surface area (Å²) in [5, 5.41) is 9.61. The van der Waals surface area contributed by atoms with Crippen LogP contribution in [0.15, 0.2) is 44.0 Å². The number of rotatable bonds is 3. The van der Waals surface area contributed by atoms with Gasteiger partial charge in [-0.15, -0.1) is 0 Å². The maximum atomic E-state index is 11.1. The van der Waals surface area contributed by atoms with Gasteiger partial charge >= 0.3 is 5.97 Å². The number of nitrogens with one attached hydrogen (secondary N) is 1. The maximum Gasteiger partial charge on any atom is 0.338 e. The number of carbonyl (C=O) groups is 1. The van der Waals surface area contributed by atoms with Crippen molar-refractivity contribution >= 4 is 33.7 Å². The number of H-pyrrole nitrogens is 1. The minimum atomic E-state index is -1.09. The second-order valence-corrected chi connectivity index (χ2v) is 5.05. The first-order valence-electron chi connectivity index (χ1n) is 4.68. The molecule has 0 aromatic carbocycles. The quantitative estimate of drug-likeness (QED) is 0.834. The third kappa shape index (κ3) is 2.96. The van der Waals surface area contributed by atoms with E-state index in [0.29, 0.717) is 9.63 Å². The highest BCUT2D eigenvalue weighted by Gasteiger charge is 2.14. The number of carboxylic acid groups (broad SMARTS) is 1. The van der Waals surface area contributed by atoms with Gasteiger partial charge in [0, 0.05) is 22.9 Å². The Balaban J connectivity index is 2.40. The Morgan fingerprint density at radius 1 is 1.44 bits per heavy atom. The van der Waals surface area contributed by atoms with E-state index in [0.717, 1.165) is 11.8 Å². The summed E-state index contributed by atoms with van der Waals surface area (Å²) in [6.07, 6.45) is 2.83. The van der Waals surface area contributed by atoms with E-state index in [2.05, 4.69) is 30.9 Å². The lowest BCUT2D eigenvalue weighted by Gasteiger charge is -2.04. The first-order chi connectivity index (χ1) is 8.56. The summed E-state index contributed by atoms with van der Waals surface area (Å²) in [4.78, 5) is 32.6. The molecule has 6 nitrogen and oxygen atoms in total. The number of hydrogen-bond acceptors (Lipinski definition) is 5. The molecule has 0 aliphatic rings. The molecule has 0 amide bonds. The smallest absolute Gasteiger partial charge is 0.338 e. The molecule has 2 heterocycles. The van der Waals surface area contributed by atoms with Crippen molar-refractivity contribution in [2.45, 2.75) is 10.2 Å². The number of aromatic carboxylic acids is 1. The van der Waals surface area contributed by atoms with Gasteiger partial charge in [-0.05, 0) is 33.8 Å². The fourth-order valence-corrected chi connectivity index (χ4v) is 2.30. The predicted octanol–water partition coefficient (Wildman–Crippen LogP) is 1.78. The highest BCUT2D eigenvalue weighted by Crippen LogP contribution is 2.27. The molecule has 0 aliphatic heterocycles. The van der Waals surface area contributed by atoms with Crippen molar-refractivity contribution < 1.29 is 9.90 Å². The topological polar surface area (TPSA) is 95.9 Å². The number of aromatic nitrogens is 3. The van der Waals surface area contributed by atoms with Crippen LogP contribution in [-0.2, 0) is 0 Å². The zero-order valence-corrected chi connectivity index (χ0v) is 11.2. The van der Waals surface area contributed by atoms with Gasteiger partial charge in [-0.25, -0.2) is 14.8 Å². The molecular formula is C10H6BrN3O3S. The maximum absolute atomic E-state index is 11.1. The van der Waals surface area contributed by atoms with Crippen molar-refractivity contribution in [3.05, 3.63) is 44.9 Å². The van der Waals surface area contributed by atoms with Gasteiger partial charge in [0.1, 0.15) is 5.03 Å². The normalized spacial score (nSPS) is 10.3. The first kappa shape index (κ1) is 12.8. The fourth-order valence-electron chi connectivity index (χ4n) is 1.16. The molecule has 92 valence electrons. The molecule has 8 heteroatoms. The summed E-state index contributed by atoms with van der Waals surface area (Å²) < 4.78 is 0.568. The van der Waals surface area contributed by atoms with Crippen molar-refractivity contribution in [3.63, 3.8) is 0 Å². The minimum absolute atomic E-state index is 0.0425. The van der Waals surface area contributed by atoms with Gasteiger partial charge in [0.15, 0.2) is 5.16 Å². The SMILES string of the molecule is O=C(O)c1cc(Br)cnc1Sc1nccc(=O)[nH]1. The summed E-state index contributed by atoms with van der Waals surface area (Å²) in [7, 11) is 0. The molecule has 0 saturated carbocycles. The lowest BCUT2D eigenvalue weighted by molar-refractivity contribution is 0.0692. The van der Waals surface area contributed by atoms with Crippen LogP contribution in [0.5, 0.6) is 0 Å². The Bertz CT molecular complexity index is 659.